The van der Waals surface area contributed by atoms with Crippen molar-refractivity contribution in [2.45, 2.75) is 6.92 Å². The van der Waals surface area contributed by atoms with E-state index in [1.54, 1.807) is 0 Å². The Morgan fingerprint density at radius 1 is 0.686 bits per heavy atom. The van der Waals surface area contributed by atoms with Crippen LogP contribution in [0.3, 0.4) is 0 Å². The van der Waals surface area contributed by atoms with Crippen LogP contribution in [0.5, 0.6) is 0 Å². The Balaban J connectivity index is 0.00000253. The molecular weight excluding hydrogens is 607 g/mol. The van der Waals surface area contributed by atoms with Gasteiger partial charge in [-0.25, -0.2) is 4.52 Å². The third kappa shape index (κ3) is 4.35. The van der Waals surface area contributed by atoms with Gasteiger partial charge in [-0.3, -0.25) is 4.98 Å². The van der Waals surface area contributed by atoms with Crippen LogP contribution in [0.25, 0.3) is 50.4 Å². The molecule has 2 heterocycles. The maximum atomic E-state index is 4.82. The van der Waals surface area contributed by atoms with E-state index in [4.69, 9.17) is 10.1 Å². The molecule has 0 aliphatic heterocycles. The second-order valence-corrected chi connectivity index (χ2v) is 8.36. The molecule has 0 spiro atoms. The first-order chi connectivity index (χ1) is 16.8. The van der Waals surface area contributed by atoms with E-state index in [1.165, 1.54) is 22.3 Å². The van der Waals surface area contributed by atoms with Crippen LogP contribution < -0.4 is 0 Å². The summed E-state index contributed by atoms with van der Waals surface area (Å²) in [7, 11) is 0. The molecule has 4 aromatic carbocycles. The minimum Gasteiger partial charge on any atom is -0.258 e. The molecule has 0 unspecified atom stereocenters. The van der Waals surface area contributed by atoms with Gasteiger partial charge in [0.25, 0.3) is 0 Å². The third-order valence-corrected chi connectivity index (χ3v) is 6.05. The number of aromatic nitrogens is 3. The van der Waals surface area contributed by atoms with Gasteiger partial charge >= 0.3 is 0 Å². The molecule has 0 fully saturated rings. The molecule has 0 aliphatic carbocycles. The summed E-state index contributed by atoms with van der Waals surface area (Å²) in [5.41, 5.74) is 9.78. The van der Waals surface area contributed by atoms with Gasteiger partial charge in [0, 0.05) is 26.3 Å². The Bertz CT molecular complexity index is 1510. The van der Waals surface area contributed by atoms with Gasteiger partial charge in [0.15, 0.2) is 0 Å². The zero-order valence-electron chi connectivity index (χ0n) is 19.1. The van der Waals surface area contributed by atoms with Gasteiger partial charge < -0.3 is 0 Å². The molecule has 0 bridgehead atoms. The van der Waals surface area contributed by atoms with E-state index in [-0.39, 0.29) is 20.1 Å². The van der Waals surface area contributed by atoms with Gasteiger partial charge in [0.1, 0.15) is 5.65 Å². The summed E-state index contributed by atoms with van der Waals surface area (Å²) in [5.74, 6) is 0.670. The number of pyridine rings is 1. The molecule has 1 radical (unpaired) electrons. The largest absolute Gasteiger partial charge is 0.258 e. The molecule has 0 saturated heterocycles. The van der Waals surface area contributed by atoms with Crippen LogP contribution in [0, 0.1) is 13.0 Å². The topological polar surface area (TPSA) is 30.2 Å². The van der Waals surface area contributed by atoms with Gasteiger partial charge in [0.2, 0.25) is 0 Å². The molecule has 6 rings (SSSR count). The normalized spacial score (nSPS) is 10.8. The number of nitrogens with zero attached hydrogens (tertiary/aromatic N) is 3. The number of aryl methyl sites for hydroxylation is 1. The number of benzene rings is 4. The predicted octanol–water partition coefficient (Wildman–Crippen LogP) is 7.50. The van der Waals surface area contributed by atoms with Crippen LogP contribution in [-0.4, -0.2) is 14.6 Å². The zero-order chi connectivity index (χ0) is 22.9. The van der Waals surface area contributed by atoms with E-state index in [1.807, 2.05) is 35.0 Å². The van der Waals surface area contributed by atoms with Crippen molar-refractivity contribution < 1.29 is 20.1 Å². The van der Waals surface area contributed by atoms with Crippen LogP contribution in [0.1, 0.15) is 5.56 Å². The molecule has 2 aromatic heterocycles. The van der Waals surface area contributed by atoms with Gasteiger partial charge in [0.05, 0.1) is 5.82 Å². The van der Waals surface area contributed by atoms with Crippen LogP contribution >= 0.6 is 0 Å². The number of rotatable bonds is 4. The van der Waals surface area contributed by atoms with Crippen molar-refractivity contribution in [2.24, 2.45) is 0 Å². The Morgan fingerprint density at radius 2 is 1.31 bits per heavy atom. The summed E-state index contributed by atoms with van der Waals surface area (Å²) in [6.07, 6.45) is 1.92. The number of hydrogen-bond donors (Lipinski definition) is 0. The van der Waals surface area contributed by atoms with Crippen LogP contribution in [-0.2, 0) is 20.1 Å². The summed E-state index contributed by atoms with van der Waals surface area (Å²) in [4.78, 5) is 4.82. The maximum Gasteiger partial charge on any atom is 0.145 e. The van der Waals surface area contributed by atoms with E-state index in [9.17, 15) is 0 Å². The smallest absolute Gasteiger partial charge is 0.145 e. The van der Waals surface area contributed by atoms with Gasteiger partial charge in [-0.05, 0) is 39.9 Å². The fourth-order valence-corrected chi connectivity index (χ4v) is 4.48. The molecule has 0 saturated carbocycles. The monoisotopic (exact) mass is 629 g/mol. The van der Waals surface area contributed by atoms with Crippen molar-refractivity contribution in [3.63, 3.8) is 0 Å². The number of hydrogen-bond acceptors (Lipinski definition) is 2. The fraction of sp³-hybridized carbons (Fsp3) is 0.0323. The molecule has 0 N–H and O–H groups in total. The summed E-state index contributed by atoms with van der Waals surface area (Å²) in [6.45, 7) is 2.11. The van der Waals surface area contributed by atoms with Crippen molar-refractivity contribution in [3.05, 3.63) is 127 Å². The SMILES string of the molecule is Cc1c[c-]c(-c2nc3ccccn3n2)c(-c2c(-c3ccccc3)cccc2-c2ccccc2)c1.[Ir]. The van der Waals surface area contributed by atoms with Crippen LogP contribution in [0.2, 0.25) is 0 Å². The van der Waals surface area contributed by atoms with Crippen LogP contribution in [0.15, 0.2) is 115 Å². The van der Waals surface area contributed by atoms with Crippen molar-refractivity contribution in [2.75, 3.05) is 0 Å². The van der Waals surface area contributed by atoms with Crippen LogP contribution in [0.4, 0.5) is 0 Å². The molecule has 4 heteroatoms. The maximum absolute atomic E-state index is 4.82. The third-order valence-electron chi connectivity index (χ3n) is 6.05. The van der Waals surface area contributed by atoms with Crippen molar-refractivity contribution in [1.82, 2.24) is 14.6 Å². The van der Waals surface area contributed by atoms with Gasteiger partial charge in [-0.1, -0.05) is 103 Å². The summed E-state index contributed by atoms with van der Waals surface area (Å²) < 4.78 is 1.81. The first-order valence-electron chi connectivity index (χ1n) is 11.4. The molecular formula is C31H22IrN3-. The van der Waals surface area contributed by atoms with E-state index in [0.717, 1.165) is 27.9 Å². The van der Waals surface area contributed by atoms with E-state index < -0.39 is 0 Å². The van der Waals surface area contributed by atoms with E-state index >= 15 is 0 Å². The first kappa shape index (κ1) is 22.9. The van der Waals surface area contributed by atoms with Crippen molar-refractivity contribution >= 4 is 5.65 Å². The molecule has 0 aliphatic rings. The second-order valence-electron chi connectivity index (χ2n) is 8.36. The van der Waals surface area contributed by atoms with E-state index in [2.05, 4.69) is 97.9 Å². The Labute approximate surface area is 218 Å². The molecule has 171 valence electrons. The number of fused-ring (bicyclic) bond motifs is 1. The second kappa shape index (κ2) is 9.79. The Morgan fingerprint density at radius 3 is 1.94 bits per heavy atom. The molecule has 3 nitrogen and oxygen atoms in total. The Kier molecular flexibility index (Phi) is 6.41. The summed E-state index contributed by atoms with van der Waals surface area (Å²) in [5, 5.41) is 4.78. The van der Waals surface area contributed by atoms with Gasteiger partial charge in [-0.15, -0.1) is 23.8 Å². The average molecular weight is 629 g/mol. The van der Waals surface area contributed by atoms with Crippen molar-refractivity contribution in [3.8, 4) is 44.8 Å². The first-order valence-corrected chi connectivity index (χ1v) is 11.4. The van der Waals surface area contributed by atoms with E-state index in [0.29, 0.717) is 5.82 Å². The molecule has 0 amide bonds. The average Bonchev–Trinajstić information content (AvgIpc) is 3.33. The minimum atomic E-state index is 0. The fourth-order valence-electron chi connectivity index (χ4n) is 4.48. The summed E-state index contributed by atoms with van der Waals surface area (Å²) in [6, 6.07) is 41.3. The molecule has 6 aromatic rings. The predicted molar refractivity (Wildman–Crippen MR) is 138 cm³/mol. The minimum absolute atomic E-state index is 0. The zero-order valence-corrected chi connectivity index (χ0v) is 21.5. The van der Waals surface area contributed by atoms with Gasteiger partial charge in [-0.2, -0.15) is 5.10 Å². The van der Waals surface area contributed by atoms with Crippen molar-refractivity contribution in [1.29, 1.82) is 0 Å². The standard InChI is InChI=1S/C31H22N3.Ir/c1-22-18-19-27(31-32-29-17-8-9-20-34(29)33-31)28(21-22)30-25(23-11-4-2-5-12-23)15-10-16-26(30)24-13-6-3-7-14-24;/h2-18,20-21H,1H3;/q-1;. The molecule has 0 atom stereocenters. The Hall–Kier alpha value is -3.85. The molecule has 35 heavy (non-hydrogen) atoms. The summed E-state index contributed by atoms with van der Waals surface area (Å²) >= 11 is 0. The quantitative estimate of drug-likeness (QED) is 0.189.